The maximum atomic E-state index is 12.5. The number of rotatable bonds is 3. The summed E-state index contributed by atoms with van der Waals surface area (Å²) in [4.78, 5) is 0.0956. The van der Waals surface area contributed by atoms with Gasteiger partial charge in [0.05, 0.1) is 10.9 Å². The van der Waals surface area contributed by atoms with Gasteiger partial charge in [-0.15, -0.1) is 0 Å². The van der Waals surface area contributed by atoms with Crippen LogP contribution >= 0.6 is 0 Å². The molecule has 1 aromatic carbocycles. The van der Waals surface area contributed by atoms with Crippen LogP contribution in [0.5, 0.6) is 0 Å². The van der Waals surface area contributed by atoms with Gasteiger partial charge in [0.2, 0.25) is 10.0 Å². The van der Waals surface area contributed by atoms with Crippen molar-refractivity contribution in [2.45, 2.75) is 17.7 Å². The average Bonchev–Trinajstić information content (AvgIpc) is 2.88. The molecule has 0 aromatic heterocycles. The van der Waals surface area contributed by atoms with Gasteiger partial charge in [-0.3, -0.25) is 0 Å². The van der Waals surface area contributed by atoms with Crippen LogP contribution in [0.1, 0.15) is 12.8 Å². The fourth-order valence-corrected chi connectivity index (χ4v) is 2.22. The Balaban J connectivity index is 2.24. The van der Waals surface area contributed by atoms with E-state index in [1.807, 2.05) is 0 Å². The third-order valence-corrected chi connectivity index (χ3v) is 3.35. The summed E-state index contributed by atoms with van der Waals surface area (Å²) in [5, 5.41) is 0. The number of hydrogen-bond donors (Lipinski definition) is 1. The Morgan fingerprint density at radius 3 is 2.21 bits per heavy atom. The molecule has 0 spiro atoms. The first-order valence-electron chi connectivity index (χ1n) is 4.21. The second kappa shape index (κ2) is 3.33. The van der Waals surface area contributed by atoms with Gasteiger partial charge in [0.25, 0.3) is 0 Å². The Hall–Kier alpha value is -0.940. The first-order valence-corrected chi connectivity index (χ1v) is 5.69. The summed E-state index contributed by atoms with van der Waals surface area (Å²) in [5.74, 6) is -0.442. The number of benzene rings is 1. The van der Waals surface area contributed by atoms with Gasteiger partial charge in [0.15, 0.2) is 0 Å². The maximum Gasteiger partial charge on any atom is 0.241 e. The molecule has 1 saturated carbocycles. The van der Waals surface area contributed by atoms with Crippen molar-refractivity contribution in [3.63, 3.8) is 0 Å². The van der Waals surface area contributed by atoms with E-state index >= 15 is 0 Å². The highest BCUT2D eigenvalue weighted by Gasteiger charge is 2.28. The van der Waals surface area contributed by atoms with Crippen molar-refractivity contribution in [3.8, 4) is 0 Å². The molecule has 1 fully saturated rings. The molecule has 1 N–H and O–H groups in total. The fourth-order valence-electron chi connectivity index (χ4n) is 1.03. The van der Waals surface area contributed by atoms with E-state index in [0.29, 0.717) is 0 Å². The normalized spacial score (nSPS) is 16.9. The minimum Gasteiger partial charge on any atom is -0.207 e. The van der Waals surface area contributed by atoms with Crippen molar-refractivity contribution in [1.29, 1.82) is 0 Å². The monoisotopic (exact) mass is 214 g/mol. The molecule has 0 bridgehead atoms. The van der Waals surface area contributed by atoms with E-state index in [2.05, 4.69) is 4.72 Å². The molecular weight excluding hydrogens is 205 g/mol. The summed E-state index contributed by atoms with van der Waals surface area (Å²) < 4.78 is 38.0. The molecule has 1 aromatic rings. The highest BCUT2D eigenvalue weighted by molar-refractivity contribution is 7.89. The van der Waals surface area contributed by atoms with E-state index in [4.69, 9.17) is 0 Å². The number of sulfonamides is 1. The number of hydrogen-bond acceptors (Lipinski definition) is 2. The number of nitrogens with one attached hydrogen (secondary N) is 1. The molecule has 2 rings (SSSR count). The fraction of sp³-hybridized carbons (Fsp3) is 0.222. The summed E-state index contributed by atoms with van der Waals surface area (Å²) in [6, 6.07) is 5.58. The Morgan fingerprint density at radius 2 is 1.71 bits per heavy atom. The SMILES string of the molecule is O=S(=O)(N[C]1CC1)c1ccc(F)cc1. The van der Waals surface area contributed by atoms with Crippen molar-refractivity contribution >= 4 is 10.0 Å². The van der Waals surface area contributed by atoms with Crippen molar-refractivity contribution in [2.75, 3.05) is 0 Å². The van der Waals surface area contributed by atoms with Gasteiger partial charge in [-0.25, -0.2) is 17.5 Å². The second-order valence-corrected chi connectivity index (χ2v) is 4.85. The van der Waals surface area contributed by atoms with E-state index in [-0.39, 0.29) is 4.90 Å². The molecule has 0 saturated heterocycles. The van der Waals surface area contributed by atoms with Gasteiger partial charge in [0, 0.05) is 0 Å². The third kappa shape index (κ3) is 2.10. The molecule has 3 nitrogen and oxygen atoms in total. The third-order valence-electron chi connectivity index (χ3n) is 1.90. The topological polar surface area (TPSA) is 46.2 Å². The average molecular weight is 214 g/mol. The van der Waals surface area contributed by atoms with Crippen LogP contribution in [0.15, 0.2) is 29.2 Å². The Bertz CT molecular complexity index is 423. The molecule has 14 heavy (non-hydrogen) atoms. The zero-order chi connectivity index (χ0) is 10.2. The molecule has 0 unspecified atom stereocenters. The molecule has 75 valence electrons. The van der Waals surface area contributed by atoms with Crippen molar-refractivity contribution in [3.05, 3.63) is 36.1 Å². The Labute approximate surface area is 82.0 Å². The smallest absolute Gasteiger partial charge is 0.207 e. The molecule has 1 radical (unpaired) electrons. The molecule has 0 amide bonds. The molecule has 1 aliphatic carbocycles. The van der Waals surface area contributed by atoms with Crippen LogP contribution in [0.25, 0.3) is 0 Å². The predicted octanol–water partition coefficient (Wildman–Crippen LogP) is 1.43. The van der Waals surface area contributed by atoms with Gasteiger partial charge in [-0.2, -0.15) is 0 Å². The molecule has 1 aliphatic rings. The van der Waals surface area contributed by atoms with E-state index < -0.39 is 15.8 Å². The van der Waals surface area contributed by atoms with E-state index in [9.17, 15) is 12.8 Å². The summed E-state index contributed by atoms with van der Waals surface area (Å²) >= 11 is 0. The summed E-state index contributed by atoms with van der Waals surface area (Å²) in [6.07, 6.45) is 1.61. The van der Waals surface area contributed by atoms with Crippen LogP contribution in [0.2, 0.25) is 0 Å². The van der Waals surface area contributed by atoms with Gasteiger partial charge in [-0.05, 0) is 37.1 Å². The van der Waals surface area contributed by atoms with Gasteiger partial charge in [0.1, 0.15) is 5.82 Å². The molecule has 5 heteroatoms. The zero-order valence-corrected chi connectivity index (χ0v) is 8.14. The van der Waals surface area contributed by atoms with E-state index in [0.717, 1.165) is 31.0 Å². The van der Waals surface area contributed by atoms with Crippen molar-refractivity contribution in [1.82, 2.24) is 4.72 Å². The highest BCUT2D eigenvalue weighted by atomic mass is 32.2. The summed E-state index contributed by atoms with van der Waals surface area (Å²) in [5.41, 5.74) is 0. The second-order valence-electron chi connectivity index (χ2n) is 3.16. The van der Waals surface area contributed by atoms with Crippen LogP contribution in [-0.4, -0.2) is 8.42 Å². The van der Waals surface area contributed by atoms with Crippen LogP contribution in [0.4, 0.5) is 4.39 Å². The maximum absolute atomic E-state index is 12.5. The standard InChI is InChI=1S/C9H9FNO2S/c10-7-1-5-9(6-2-7)14(12,13)11-8-3-4-8/h1-2,5-6,11H,3-4H2. The van der Waals surface area contributed by atoms with Gasteiger partial charge >= 0.3 is 0 Å². The lowest BCUT2D eigenvalue weighted by molar-refractivity contribution is 0.586. The quantitative estimate of drug-likeness (QED) is 0.827. The van der Waals surface area contributed by atoms with Crippen molar-refractivity contribution < 1.29 is 12.8 Å². The first kappa shape index (κ1) is 9.61. The van der Waals surface area contributed by atoms with Gasteiger partial charge in [-0.1, -0.05) is 0 Å². The Kier molecular flexibility index (Phi) is 2.28. The highest BCUT2D eigenvalue weighted by Crippen LogP contribution is 2.30. The first-order chi connectivity index (χ1) is 6.58. The lowest BCUT2D eigenvalue weighted by Crippen LogP contribution is -2.21. The zero-order valence-electron chi connectivity index (χ0n) is 7.33. The van der Waals surface area contributed by atoms with Crippen LogP contribution in [0, 0.1) is 11.9 Å². The largest absolute Gasteiger partial charge is 0.241 e. The van der Waals surface area contributed by atoms with E-state index in [1.54, 1.807) is 0 Å². The lowest BCUT2D eigenvalue weighted by atomic mass is 10.4. The molecule has 0 atom stereocenters. The molecule has 0 aliphatic heterocycles. The summed E-state index contributed by atoms with van der Waals surface area (Å²) in [6.45, 7) is 0. The Morgan fingerprint density at radius 1 is 1.14 bits per heavy atom. The lowest BCUT2D eigenvalue weighted by Gasteiger charge is -2.03. The van der Waals surface area contributed by atoms with Crippen LogP contribution in [-0.2, 0) is 10.0 Å². The van der Waals surface area contributed by atoms with Crippen LogP contribution < -0.4 is 4.72 Å². The van der Waals surface area contributed by atoms with Crippen molar-refractivity contribution in [2.24, 2.45) is 0 Å². The summed E-state index contributed by atoms with van der Waals surface area (Å²) in [7, 11) is -3.47. The van der Waals surface area contributed by atoms with E-state index in [1.165, 1.54) is 12.1 Å². The minimum absolute atomic E-state index is 0.0956. The number of halogens is 1. The predicted molar refractivity (Wildman–Crippen MR) is 49.2 cm³/mol. The molecule has 0 heterocycles. The molecular formula is C9H9FNO2S. The minimum atomic E-state index is -3.47. The van der Waals surface area contributed by atoms with Gasteiger partial charge < -0.3 is 0 Å². The van der Waals surface area contributed by atoms with Crippen LogP contribution in [0.3, 0.4) is 0 Å².